The van der Waals surface area contributed by atoms with Gasteiger partial charge in [0.05, 0.1) is 17.6 Å². The first-order valence-corrected chi connectivity index (χ1v) is 26.0. The molecule has 0 amide bonds. The molecule has 7 aromatic carbocycles. The van der Waals surface area contributed by atoms with Crippen molar-refractivity contribution in [1.82, 2.24) is 0 Å². The summed E-state index contributed by atoms with van der Waals surface area (Å²) >= 11 is 0. The standard InChI is InChI=1S/C21H19O3P.2C15H16O2.2C3H8.2C2H6/c1-15(17-12-10-16(14-22)11-13-17)25(23)21-9-5-3-7-19(21)18-6-2-4-8-20(18)24-25;2*1-15(2,11-3-7-13(16)8-4-11)12-5-9-14(17)10-6-12;2*1-3-2;2*1-2/h2-13,15,22H,14H2,1H3;2*3-10,16-17H,1-2H3;2*3H2,1-2H3;2*1-2H3. The average Bonchev–Trinajstić information content (AvgIpc) is 3.36. The molecule has 0 bridgehead atoms. The van der Waals surface area contributed by atoms with Crippen LogP contribution in [0.1, 0.15) is 142 Å². The Morgan fingerprint density at radius 3 is 1.10 bits per heavy atom. The molecular weight excluding hydrogens is 876 g/mol. The van der Waals surface area contributed by atoms with Crippen LogP contribution in [0.25, 0.3) is 11.1 Å². The first-order valence-electron chi connectivity index (χ1n) is 24.3. The molecule has 370 valence electrons. The van der Waals surface area contributed by atoms with Crippen molar-refractivity contribution in [2.75, 3.05) is 0 Å². The molecular formula is C61H79O7P. The van der Waals surface area contributed by atoms with Gasteiger partial charge in [0.1, 0.15) is 28.7 Å². The highest BCUT2D eigenvalue weighted by Gasteiger charge is 2.41. The Kier molecular flexibility index (Phi) is 24.7. The molecule has 8 heteroatoms. The molecule has 69 heavy (non-hydrogen) atoms. The van der Waals surface area contributed by atoms with Crippen LogP contribution in [0.2, 0.25) is 0 Å². The number of hydrogen-bond acceptors (Lipinski definition) is 7. The van der Waals surface area contributed by atoms with Crippen molar-refractivity contribution in [3.63, 3.8) is 0 Å². The Morgan fingerprint density at radius 1 is 0.464 bits per heavy atom. The Morgan fingerprint density at radius 2 is 0.768 bits per heavy atom. The summed E-state index contributed by atoms with van der Waals surface area (Å²) < 4.78 is 20.1. The molecule has 2 unspecified atom stereocenters. The molecule has 0 saturated carbocycles. The first kappa shape index (κ1) is 58.9. The van der Waals surface area contributed by atoms with Gasteiger partial charge in [-0.25, -0.2) is 0 Å². The maximum absolute atomic E-state index is 14.0. The minimum atomic E-state index is -3.13. The fourth-order valence-corrected chi connectivity index (χ4v) is 9.68. The van der Waals surface area contributed by atoms with Crippen LogP contribution < -0.4 is 9.83 Å². The number of phenols is 4. The van der Waals surface area contributed by atoms with E-state index in [0.29, 0.717) is 5.75 Å². The van der Waals surface area contributed by atoms with E-state index in [0.717, 1.165) is 49.8 Å². The van der Waals surface area contributed by atoms with Gasteiger partial charge in [0, 0.05) is 16.4 Å². The predicted octanol–water partition coefficient (Wildman–Crippen LogP) is 16.6. The molecule has 0 radical (unpaired) electrons. The molecule has 0 fully saturated rings. The molecule has 0 aromatic heterocycles. The lowest BCUT2D eigenvalue weighted by molar-refractivity contribution is 0.282. The summed E-state index contributed by atoms with van der Waals surface area (Å²) in [4.78, 5) is 0. The second kappa shape index (κ2) is 28.9. The minimum Gasteiger partial charge on any atom is -0.508 e. The fraction of sp³-hybridized carbons (Fsp3) is 0.311. The first-order chi connectivity index (χ1) is 33.0. The van der Waals surface area contributed by atoms with E-state index in [9.17, 15) is 30.1 Å². The molecule has 1 aliphatic heterocycles. The maximum atomic E-state index is 14.0. The van der Waals surface area contributed by atoms with Gasteiger partial charge in [0.2, 0.25) is 0 Å². The lowest BCUT2D eigenvalue weighted by Crippen LogP contribution is -2.21. The second-order valence-corrected chi connectivity index (χ2v) is 19.8. The number of fused-ring (bicyclic) bond motifs is 3. The van der Waals surface area contributed by atoms with Crippen LogP contribution in [-0.4, -0.2) is 25.5 Å². The van der Waals surface area contributed by atoms with Gasteiger partial charge in [-0.1, -0.05) is 205 Å². The molecule has 0 spiro atoms. The summed E-state index contributed by atoms with van der Waals surface area (Å²) in [7, 11) is -3.13. The molecule has 7 nitrogen and oxygen atoms in total. The number of phenolic OH excluding ortho intramolecular Hbond substituents is 4. The SMILES string of the molecule is CC.CC.CC(C)(c1ccc(O)cc1)c1ccc(O)cc1.CC(C)(c1ccc(O)cc1)c1ccc(O)cc1.CC(c1ccc(CO)cc1)P1(=O)Oc2ccccc2-c2ccccc21.CCC.CCC. The lowest BCUT2D eigenvalue weighted by atomic mass is 9.78. The Bertz CT molecular complexity index is 2350. The van der Waals surface area contributed by atoms with Crippen molar-refractivity contribution in [2.24, 2.45) is 0 Å². The number of aromatic hydroxyl groups is 4. The highest BCUT2D eigenvalue weighted by atomic mass is 31.2. The van der Waals surface area contributed by atoms with Gasteiger partial charge in [-0.2, -0.15) is 0 Å². The Labute approximate surface area is 414 Å². The van der Waals surface area contributed by atoms with Gasteiger partial charge in [-0.3, -0.25) is 4.57 Å². The molecule has 1 heterocycles. The smallest absolute Gasteiger partial charge is 0.284 e. The van der Waals surface area contributed by atoms with Crippen molar-refractivity contribution < 1.29 is 34.6 Å². The number of aliphatic hydroxyl groups is 1. The number of aliphatic hydroxyl groups excluding tert-OH is 1. The monoisotopic (exact) mass is 955 g/mol. The third kappa shape index (κ3) is 16.2. The molecule has 7 aromatic rings. The minimum absolute atomic E-state index is 0.000962. The van der Waals surface area contributed by atoms with Crippen molar-refractivity contribution in [3.05, 3.63) is 203 Å². The van der Waals surface area contributed by atoms with Crippen molar-refractivity contribution in [3.8, 4) is 39.9 Å². The Balaban J connectivity index is 0.000000331. The normalized spacial score (nSPS) is 13.4. The highest BCUT2D eigenvalue weighted by Crippen LogP contribution is 2.63. The van der Waals surface area contributed by atoms with Crippen LogP contribution in [-0.2, 0) is 22.0 Å². The van der Waals surface area contributed by atoms with E-state index >= 15 is 0 Å². The fourth-order valence-electron chi connectivity index (χ4n) is 7.17. The van der Waals surface area contributed by atoms with Crippen LogP contribution in [0.15, 0.2) is 170 Å². The van der Waals surface area contributed by atoms with Crippen molar-refractivity contribution in [1.29, 1.82) is 0 Å². The van der Waals surface area contributed by atoms with Crippen LogP contribution in [0, 0.1) is 0 Å². The van der Waals surface area contributed by atoms with Gasteiger partial charge in [0.25, 0.3) is 7.37 Å². The van der Waals surface area contributed by atoms with E-state index in [4.69, 9.17) is 4.52 Å². The molecule has 1 aliphatic rings. The van der Waals surface area contributed by atoms with Crippen molar-refractivity contribution in [2.45, 2.75) is 126 Å². The maximum Gasteiger partial charge on any atom is 0.284 e. The number of hydrogen-bond donors (Lipinski definition) is 5. The summed E-state index contributed by atoms with van der Waals surface area (Å²) in [6.07, 6.45) is 2.50. The average molecular weight is 955 g/mol. The molecule has 0 saturated heterocycles. The molecule has 8 rings (SSSR count). The number of para-hydroxylation sites is 1. The topological polar surface area (TPSA) is 127 Å². The highest BCUT2D eigenvalue weighted by molar-refractivity contribution is 7.68. The summed E-state index contributed by atoms with van der Waals surface area (Å²) in [5.41, 5.74) is 7.65. The van der Waals surface area contributed by atoms with Gasteiger partial charge < -0.3 is 30.1 Å². The van der Waals surface area contributed by atoms with E-state index in [2.05, 4.69) is 55.4 Å². The van der Waals surface area contributed by atoms with Gasteiger partial charge in [0.15, 0.2) is 0 Å². The third-order valence-corrected chi connectivity index (χ3v) is 14.0. The number of rotatable bonds is 7. The van der Waals surface area contributed by atoms with Crippen LogP contribution in [0.5, 0.6) is 28.7 Å². The van der Waals surface area contributed by atoms with Crippen LogP contribution >= 0.6 is 7.37 Å². The second-order valence-electron chi connectivity index (χ2n) is 17.1. The zero-order valence-electron chi connectivity index (χ0n) is 43.4. The molecule has 5 N–H and O–H groups in total. The number of benzene rings is 7. The lowest BCUT2D eigenvalue weighted by Gasteiger charge is -2.32. The van der Waals surface area contributed by atoms with Gasteiger partial charge in [-0.15, -0.1) is 0 Å². The van der Waals surface area contributed by atoms with E-state index < -0.39 is 7.37 Å². The largest absolute Gasteiger partial charge is 0.508 e. The summed E-state index contributed by atoms with van der Waals surface area (Å²) in [6.45, 7) is 26.9. The van der Waals surface area contributed by atoms with Crippen LogP contribution in [0.3, 0.4) is 0 Å². The van der Waals surface area contributed by atoms with E-state index in [1.807, 2.05) is 156 Å². The molecule has 2 atom stereocenters. The summed E-state index contributed by atoms with van der Waals surface area (Å²) in [5, 5.41) is 47.2. The summed E-state index contributed by atoms with van der Waals surface area (Å²) in [5.74, 6) is 1.76. The summed E-state index contributed by atoms with van der Waals surface area (Å²) in [6, 6.07) is 52.0. The van der Waals surface area contributed by atoms with E-state index in [1.54, 1.807) is 48.5 Å². The Hall–Kier alpha value is -6.27. The van der Waals surface area contributed by atoms with E-state index in [1.165, 1.54) is 12.8 Å². The zero-order valence-corrected chi connectivity index (χ0v) is 44.3. The van der Waals surface area contributed by atoms with Crippen LogP contribution in [0.4, 0.5) is 0 Å². The third-order valence-electron chi connectivity index (χ3n) is 11.2. The quantitative estimate of drug-likeness (QED) is 0.101. The predicted molar refractivity (Wildman–Crippen MR) is 292 cm³/mol. The van der Waals surface area contributed by atoms with Gasteiger partial charge >= 0.3 is 0 Å². The van der Waals surface area contributed by atoms with Gasteiger partial charge in [-0.05, 0) is 107 Å². The van der Waals surface area contributed by atoms with E-state index in [-0.39, 0.29) is 46.1 Å². The van der Waals surface area contributed by atoms with Crippen molar-refractivity contribution >= 4 is 12.7 Å². The zero-order chi connectivity index (χ0) is 51.8. The molecule has 0 aliphatic carbocycles.